The first-order valence-corrected chi connectivity index (χ1v) is 11.1. The van der Waals surface area contributed by atoms with Gasteiger partial charge in [0.25, 0.3) is 11.5 Å². The van der Waals surface area contributed by atoms with Crippen molar-refractivity contribution in [3.05, 3.63) is 81.4 Å². The number of anilines is 1. The quantitative estimate of drug-likeness (QED) is 0.361. The van der Waals surface area contributed by atoms with E-state index < -0.39 is 11.5 Å². The third-order valence-electron chi connectivity index (χ3n) is 5.40. The minimum Gasteiger partial charge on any atom is -0.493 e. The van der Waals surface area contributed by atoms with Gasteiger partial charge in [-0.25, -0.2) is 4.68 Å². The number of nitrogens with one attached hydrogen (secondary N) is 2. The average molecular weight is 506 g/mol. The number of carbonyl (C=O) groups excluding carboxylic acids is 1. The van der Waals surface area contributed by atoms with Gasteiger partial charge >= 0.3 is 0 Å². The van der Waals surface area contributed by atoms with E-state index in [2.05, 4.69) is 25.5 Å². The van der Waals surface area contributed by atoms with Crippen LogP contribution in [0.2, 0.25) is 5.02 Å². The molecular formula is C24H20ClN7O4. The zero-order valence-corrected chi connectivity index (χ0v) is 20.2. The summed E-state index contributed by atoms with van der Waals surface area (Å²) >= 11 is 6.13. The van der Waals surface area contributed by atoms with E-state index in [0.717, 1.165) is 0 Å². The molecule has 182 valence electrons. The maximum atomic E-state index is 13.0. The van der Waals surface area contributed by atoms with E-state index >= 15 is 0 Å². The highest BCUT2D eigenvalue weighted by molar-refractivity contribution is 6.30. The highest BCUT2D eigenvalue weighted by Crippen LogP contribution is 2.28. The molecule has 0 unspecified atom stereocenters. The second-order valence-electron chi connectivity index (χ2n) is 7.77. The van der Waals surface area contributed by atoms with Crippen LogP contribution >= 0.6 is 11.6 Å². The van der Waals surface area contributed by atoms with E-state index in [1.807, 2.05) is 0 Å². The third kappa shape index (κ3) is 4.16. The normalized spacial score (nSPS) is 11.0. The Bertz CT molecular complexity index is 1670. The van der Waals surface area contributed by atoms with E-state index in [0.29, 0.717) is 50.3 Å². The molecule has 11 nitrogen and oxygen atoms in total. The van der Waals surface area contributed by atoms with Crippen LogP contribution < -0.4 is 20.3 Å². The Balaban J connectivity index is 1.55. The molecule has 2 N–H and O–H groups in total. The van der Waals surface area contributed by atoms with Crippen molar-refractivity contribution >= 4 is 34.4 Å². The number of carbonyl (C=O) groups is 1. The van der Waals surface area contributed by atoms with Crippen molar-refractivity contribution in [3.63, 3.8) is 0 Å². The van der Waals surface area contributed by atoms with Gasteiger partial charge in [0.15, 0.2) is 17.1 Å². The van der Waals surface area contributed by atoms with Crippen LogP contribution in [0.3, 0.4) is 0 Å². The Morgan fingerprint density at radius 1 is 1.06 bits per heavy atom. The largest absolute Gasteiger partial charge is 0.493 e. The molecule has 5 aromatic rings. The lowest BCUT2D eigenvalue weighted by Crippen LogP contribution is -2.19. The van der Waals surface area contributed by atoms with Crippen LogP contribution in [0.15, 0.2) is 59.5 Å². The van der Waals surface area contributed by atoms with E-state index in [1.54, 1.807) is 55.5 Å². The zero-order chi connectivity index (χ0) is 25.4. The summed E-state index contributed by atoms with van der Waals surface area (Å²) in [4.78, 5) is 33.2. The molecule has 0 aliphatic carbocycles. The number of rotatable bonds is 6. The summed E-state index contributed by atoms with van der Waals surface area (Å²) in [5.41, 5.74) is 1.48. The van der Waals surface area contributed by atoms with Crippen LogP contribution in [0.1, 0.15) is 16.1 Å². The van der Waals surface area contributed by atoms with E-state index in [-0.39, 0.29) is 5.95 Å². The van der Waals surface area contributed by atoms with Crippen molar-refractivity contribution in [1.29, 1.82) is 0 Å². The lowest BCUT2D eigenvalue weighted by Gasteiger charge is -2.11. The van der Waals surface area contributed by atoms with Gasteiger partial charge in [-0.2, -0.15) is 19.9 Å². The SMILES string of the molecule is COc1ccc(C(=O)Nc2cc(C)nn2-c2nc3c(cnn3-c3cccc(Cl)c3)c(=O)[nH]2)cc1OC. The summed E-state index contributed by atoms with van der Waals surface area (Å²) < 4.78 is 13.4. The number of aromatic nitrogens is 6. The fraction of sp³-hybridized carbons (Fsp3) is 0.125. The van der Waals surface area contributed by atoms with Crippen LogP contribution in [0.4, 0.5) is 5.82 Å². The Morgan fingerprint density at radius 2 is 1.86 bits per heavy atom. The second-order valence-corrected chi connectivity index (χ2v) is 8.21. The number of amides is 1. The number of hydrogen-bond acceptors (Lipinski definition) is 7. The number of halogens is 1. The summed E-state index contributed by atoms with van der Waals surface area (Å²) in [7, 11) is 3.01. The number of methoxy groups -OCH3 is 2. The van der Waals surface area contributed by atoms with E-state index in [4.69, 9.17) is 21.1 Å². The summed E-state index contributed by atoms with van der Waals surface area (Å²) in [6.07, 6.45) is 1.43. The minimum atomic E-state index is -0.413. The van der Waals surface area contributed by atoms with Gasteiger partial charge in [0, 0.05) is 16.7 Å². The zero-order valence-electron chi connectivity index (χ0n) is 19.4. The van der Waals surface area contributed by atoms with Gasteiger partial charge in [-0.05, 0) is 43.3 Å². The third-order valence-corrected chi connectivity index (χ3v) is 5.63. The smallest absolute Gasteiger partial charge is 0.263 e. The number of ether oxygens (including phenoxy) is 2. The molecular weight excluding hydrogens is 486 g/mol. The molecule has 0 saturated heterocycles. The van der Waals surface area contributed by atoms with Crippen molar-refractivity contribution < 1.29 is 14.3 Å². The van der Waals surface area contributed by atoms with Crippen LogP contribution in [-0.4, -0.2) is 49.7 Å². The number of hydrogen-bond donors (Lipinski definition) is 2. The number of aromatic amines is 1. The number of aryl methyl sites for hydroxylation is 1. The van der Waals surface area contributed by atoms with E-state index in [1.165, 1.54) is 29.8 Å². The van der Waals surface area contributed by atoms with Crippen molar-refractivity contribution in [2.75, 3.05) is 19.5 Å². The molecule has 0 bridgehead atoms. The van der Waals surface area contributed by atoms with Gasteiger partial charge in [0.2, 0.25) is 5.95 Å². The van der Waals surface area contributed by atoms with Crippen LogP contribution in [0.5, 0.6) is 11.5 Å². The fourth-order valence-electron chi connectivity index (χ4n) is 3.72. The molecule has 0 atom stereocenters. The lowest BCUT2D eigenvalue weighted by molar-refractivity contribution is 0.102. The highest BCUT2D eigenvalue weighted by atomic mass is 35.5. The number of benzene rings is 2. The summed E-state index contributed by atoms with van der Waals surface area (Å²) in [5, 5.41) is 12.3. The van der Waals surface area contributed by atoms with E-state index in [9.17, 15) is 9.59 Å². The fourth-order valence-corrected chi connectivity index (χ4v) is 3.90. The molecule has 0 aliphatic heterocycles. The van der Waals surface area contributed by atoms with Crippen LogP contribution in [-0.2, 0) is 0 Å². The number of H-pyrrole nitrogens is 1. The maximum absolute atomic E-state index is 13.0. The predicted octanol–water partition coefficient (Wildman–Crippen LogP) is 3.53. The average Bonchev–Trinajstić information content (AvgIpc) is 3.47. The molecule has 0 aliphatic rings. The minimum absolute atomic E-state index is 0.104. The molecule has 3 aromatic heterocycles. The monoisotopic (exact) mass is 505 g/mol. The standard InChI is InChI=1S/C24H20ClN7O4/c1-13-9-20(27-22(33)14-7-8-18(35-2)19(10-14)36-3)32(30-13)24-28-21-17(23(34)29-24)12-26-31(21)16-6-4-5-15(25)11-16/h4-12H,1-3H3,(H,27,33)(H,28,29,34). The highest BCUT2D eigenvalue weighted by Gasteiger charge is 2.18. The van der Waals surface area contributed by atoms with Crippen LogP contribution in [0, 0.1) is 6.92 Å². The first-order chi connectivity index (χ1) is 17.4. The van der Waals surface area contributed by atoms with Gasteiger partial charge in [-0.15, -0.1) is 0 Å². The maximum Gasteiger partial charge on any atom is 0.263 e. The summed E-state index contributed by atoms with van der Waals surface area (Å²) in [5.74, 6) is 0.919. The topological polar surface area (TPSA) is 129 Å². The van der Waals surface area contributed by atoms with Crippen molar-refractivity contribution in [2.45, 2.75) is 6.92 Å². The summed E-state index contributed by atoms with van der Waals surface area (Å²) in [6, 6.07) is 13.5. The summed E-state index contributed by atoms with van der Waals surface area (Å²) in [6.45, 7) is 1.76. The molecule has 3 heterocycles. The Labute approximate surface area is 209 Å². The first kappa shape index (κ1) is 23.1. The molecule has 36 heavy (non-hydrogen) atoms. The number of fused-ring (bicyclic) bond motifs is 1. The first-order valence-electron chi connectivity index (χ1n) is 10.7. The molecule has 12 heteroatoms. The lowest BCUT2D eigenvalue weighted by atomic mass is 10.2. The Morgan fingerprint density at radius 3 is 2.61 bits per heavy atom. The molecule has 1 amide bonds. The van der Waals surface area contributed by atoms with Crippen molar-refractivity contribution in [2.24, 2.45) is 0 Å². The molecule has 0 saturated carbocycles. The second kappa shape index (κ2) is 9.19. The van der Waals surface area contributed by atoms with Gasteiger partial charge in [-0.1, -0.05) is 17.7 Å². The predicted molar refractivity (Wildman–Crippen MR) is 134 cm³/mol. The molecule has 2 aromatic carbocycles. The van der Waals surface area contributed by atoms with Gasteiger partial charge < -0.3 is 14.8 Å². The van der Waals surface area contributed by atoms with Gasteiger partial charge in [0.05, 0.1) is 31.8 Å². The van der Waals surface area contributed by atoms with Gasteiger partial charge in [-0.3, -0.25) is 14.6 Å². The molecule has 0 fully saturated rings. The Hall–Kier alpha value is -4.64. The van der Waals surface area contributed by atoms with Gasteiger partial charge in [0.1, 0.15) is 11.2 Å². The molecule has 0 spiro atoms. The van der Waals surface area contributed by atoms with Crippen molar-refractivity contribution in [3.8, 4) is 23.1 Å². The number of nitrogens with zero attached hydrogens (tertiary/aromatic N) is 5. The Kier molecular flexibility index (Phi) is 5.90. The molecule has 5 rings (SSSR count). The van der Waals surface area contributed by atoms with Crippen molar-refractivity contribution in [1.82, 2.24) is 29.5 Å². The van der Waals surface area contributed by atoms with Crippen LogP contribution in [0.25, 0.3) is 22.7 Å². The molecule has 0 radical (unpaired) electrons.